The van der Waals surface area contributed by atoms with Crippen molar-refractivity contribution in [3.05, 3.63) is 11.7 Å². The molecule has 41 heavy (non-hydrogen) atoms. The largest absolute Gasteiger partial charge is 0.477 e. The van der Waals surface area contributed by atoms with E-state index in [9.17, 15) is 115 Å². The first-order chi connectivity index (χ1) is 17.3. The first kappa shape index (κ1) is 38.5. The minimum Gasteiger partial charge on any atom is -0.477 e. The van der Waals surface area contributed by atoms with Gasteiger partial charge in [-0.1, -0.05) is 0 Å². The van der Waals surface area contributed by atoms with Crippen LogP contribution in [-0.2, 0) is 4.79 Å². The molecule has 0 aromatic rings. The molecule has 2 nitrogen and oxygen atoms in total. The fourth-order valence-corrected chi connectivity index (χ4v) is 2.05. The van der Waals surface area contributed by atoms with E-state index in [1.54, 1.807) is 0 Å². The lowest BCUT2D eigenvalue weighted by atomic mass is 9.90. The third-order valence-corrected chi connectivity index (χ3v) is 4.52. The van der Waals surface area contributed by atoms with Crippen molar-refractivity contribution in [3.8, 4) is 0 Å². The number of halogens is 25. The molecule has 0 aromatic carbocycles. The van der Waals surface area contributed by atoms with Gasteiger partial charge in [0.15, 0.2) is 0 Å². The van der Waals surface area contributed by atoms with Crippen molar-refractivity contribution in [1.82, 2.24) is 0 Å². The Hall–Kier alpha value is -2.54. The lowest BCUT2D eigenvalue weighted by molar-refractivity contribution is -0.438. The van der Waals surface area contributed by atoms with Gasteiger partial charge in [0.2, 0.25) is 11.7 Å². The van der Waals surface area contributed by atoms with Crippen molar-refractivity contribution in [1.29, 1.82) is 0 Å². The van der Waals surface area contributed by atoms with E-state index in [2.05, 4.69) is 0 Å². The summed E-state index contributed by atoms with van der Waals surface area (Å²) in [5, 5.41) is 7.67. The highest BCUT2D eigenvalue weighted by atomic mass is 19.4. The molecule has 1 N–H and O–H groups in total. The lowest BCUT2D eigenvalue weighted by Gasteiger charge is -2.40. The third kappa shape index (κ3) is 4.67. The molecule has 0 aliphatic carbocycles. The van der Waals surface area contributed by atoms with Crippen molar-refractivity contribution in [2.45, 2.75) is 65.4 Å². The van der Waals surface area contributed by atoms with Gasteiger partial charge in [0, 0.05) is 0 Å². The van der Waals surface area contributed by atoms with E-state index < -0.39 is 83.0 Å². The van der Waals surface area contributed by atoms with Gasteiger partial charge in [0.05, 0.1) is 0 Å². The molecule has 0 rings (SSSR count). The molecule has 0 aliphatic heterocycles. The number of hydrogen-bond donors (Lipinski definition) is 1. The molecule has 0 saturated carbocycles. The average molecular weight is 676 g/mol. The van der Waals surface area contributed by atoms with Crippen LogP contribution in [0.1, 0.15) is 0 Å². The number of carboxylic acids is 1. The van der Waals surface area contributed by atoms with Gasteiger partial charge in [-0.25, -0.2) is 13.6 Å². The van der Waals surface area contributed by atoms with Gasteiger partial charge in [-0.15, -0.1) is 0 Å². The van der Waals surface area contributed by atoms with Crippen LogP contribution in [0.2, 0.25) is 0 Å². The number of carbonyl (C=O) groups is 1. The molecule has 0 aromatic heterocycles. The number of allylic oxidation sites excluding steroid dienone is 2. The standard InChI is InChI=1S/C14HF25O2/c15-1(4(17,18)7(23,24)10(29,30)9(27,28)6(21,22)3(40)41)2(16)5(19,20)8(25,26)11(31,32)12(33,34)13(35,36)14(37,38)39/h(H,40,41)/b2-1+. The summed E-state index contributed by atoms with van der Waals surface area (Å²) < 4.78 is 326. The summed E-state index contributed by atoms with van der Waals surface area (Å²) in [5.74, 6) is -104. The molecule has 0 unspecified atom stereocenters. The number of alkyl halides is 23. The van der Waals surface area contributed by atoms with Gasteiger partial charge < -0.3 is 5.11 Å². The summed E-state index contributed by atoms with van der Waals surface area (Å²) in [6, 6.07) is 0. The van der Waals surface area contributed by atoms with Crippen LogP contribution in [0.3, 0.4) is 0 Å². The molecule has 0 spiro atoms. The van der Waals surface area contributed by atoms with Crippen molar-refractivity contribution >= 4 is 5.97 Å². The van der Waals surface area contributed by atoms with E-state index >= 15 is 0 Å². The molecule has 0 fully saturated rings. The normalized spacial score (nSPS) is 17.0. The lowest BCUT2D eigenvalue weighted by Crippen LogP contribution is -2.70. The Bertz CT molecular complexity index is 1050. The van der Waals surface area contributed by atoms with E-state index in [-0.39, 0.29) is 0 Å². The topological polar surface area (TPSA) is 37.3 Å². The molecule has 0 amide bonds. The fourth-order valence-electron chi connectivity index (χ4n) is 2.05. The molecule has 0 atom stereocenters. The maximum atomic E-state index is 13.4. The number of aliphatic carboxylic acids is 1. The number of rotatable bonds is 11. The van der Waals surface area contributed by atoms with Crippen molar-refractivity contribution in [2.24, 2.45) is 0 Å². The van der Waals surface area contributed by atoms with Crippen LogP contribution < -0.4 is 0 Å². The average Bonchev–Trinajstić information content (AvgIpc) is 2.75. The predicted molar refractivity (Wildman–Crippen MR) is 72.4 cm³/mol. The minimum absolute atomic E-state index is 4.56. The van der Waals surface area contributed by atoms with Gasteiger partial charge in [0.25, 0.3) is 0 Å². The van der Waals surface area contributed by atoms with Crippen LogP contribution in [0.25, 0.3) is 0 Å². The highest BCUT2D eigenvalue weighted by Crippen LogP contribution is 2.63. The Morgan fingerprint density at radius 1 is 0.341 bits per heavy atom. The van der Waals surface area contributed by atoms with E-state index in [0.29, 0.717) is 0 Å². The van der Waals surface area contributed by atoms with Crippen molar-refractivity contribution in [3.63, 3.8) is 0 Å². The number of hydrogen-bond acceptors (Lipinski definition) is 1. The Balaban J connectivity index is 7.33. The highest BCUT2D eigenvalue weighted by Gasteiger charge is 2.93. The van der Waals surface area contributed by atoms with Gasteiger partial charge in [-0.2, -0.15) is 101 Å². The monoisotopic (exact) mass is 676 g/mol. The third-order valence-electron chi connectivity index (χ3n) is 4.52. The molecule has 0 saturated heterocycles. The summed E-state index contributed by atoms with van der Waals surface area (Å²) in [7, 11) is 0. The van der Waals surface area contributed by atoms with E-state index in [1.165, 1.54) is 0 Å². The Morgan fingerprint density at radius 2 is 0.537 bits per heavy atom. The minimum atomic E-state index is -9.10. The summed E-state index contributed by atoms with van der Waals surface area (Å²) in [4.78, 5) is 9.90. The maximum Gasteiger partial charge on any atom is 0.460 e. The zero-order chi connectivity index (χ0) is 34.2. The Kier molecular flexibility index (Phi) is 8.90. The molecule has 27 heteroatoms. The summed E-state index contributed by atoms with van der Waals surface area (Å²) in [6.07, 6.45) is -8.09. The van der Waals surface area contributed by atoms with Gasteiger partial charge in [0.1, 0.15) is 0 Å². The van der Waals surface area contributed by atoms with Crippen molar-refractivity contribution in [2.75, 3.05) is 0 Å². The SMILES string of the molecule is O=C(O)C(F)(F)C(F)(F)C(F)(F)C(F)(F)C(F)(F)/C(F)=C(\F)C(F)(F)C(F)(F)C(F)(F)C(F)(F)C(F)(F)C(F)(F)F. The molecule has 244 valence electrons. The quantitative estimate of drug-likeness (QED) is 0.225. The highest BCUT2D eigenvalue weighted by molar-refractivity contribution is 5.77. The van der Waals surface area contributed by atoms with Gasteiger partial charge in [-0.3, -0.25) is 0 Å². The Morgan fingerprint density at radius 3 is 0.756 bits per heavy atom. The molecule has 0 bridgehead atoms. The van der Waals surface area contributed by atoms with Crippen LogP contribution in [0, 0.1) is 0 Å². The second-order valence-corrected chi connectivity index (χ2v) is 7.17. The van der Waals surface area contributed by atoms with Crippen LogP contribution in [0.15, 0.2) is 11.7 Å². The molecular formula is C14HF25O2. The van der Waals surface area contributed by atoms with E-state index in [1.807, 2.05) is 0 Å². The van der Waals surface area contributed by atoms with E-state index in [0.717, 1.165) is 0 Å². The van der Waals surface area contributed by atoms with Gasteiger partial charge in [-0.05, 0) is 0 Å². The second-order valence-electron chi connectivity index (χ2n) is 7.17. The first-order valence-corrected chi connectivity index (χ1v) is 8.40. The fraction of sp³-hybridized carbons (Fsp3) is 0.786. The van der Waals surface area contributed by atoms with Crippen LogP contribution >= 0.6 is 0 Å². The smallest absolute Gasteiger partial charge is 0.460 e. The molecule has 0 radical (unpaired) electrons. The summed E-state index contributed by atoms with van der Waals surface area (Å²) >= 11 is 0. The zero-order valence-electron chi connectivity index (χ0n) is 17.3. The van der Waals surface area contributed by atoms with Crippen molar-refractivity contribution < 1.29 is 120 Å². The van der Waals surface area contributed by atoms with Crippen LogP contribution in [-0.4, -0.2) is 76.5 Å². The Labute approximate surface area is 204 Å². The second kappa shape index (κ2) is 9.48. The summed E-state index contributed by atoms with van der Waals surface area (Å²) in [5.41, 5.74) is 0. The van der Waals surface area contributed by atoms with Crippen LogP contribution in [0.4, 0.5) is 110 Å². The van der Waals surface area contributed by atoms with Gasteiger partial charge >= 0.3 is 71.4 Å². The first-order valence-electron chi connectivity index (χ1n) is 8.40. The predicted octanol–water partition coefficient (Wildman–Crippen LogP) is 8.14. The van der Waals surface area contributed by atoms with E-state index in [4.69, 9.17) is 5.11 Å². The van der Waals surface area contributed by atoms with Crippen LogP contribution in [0.5, 0.6) is 0 Å². The molecule has 0 aliphatic rings. The maximum absolute atomic E-state index is 13.4. The molecule has 0 heterocycles. The summed E-state index contributed by atoms with van der Waals surface area (Å²) in [6.45, 7) is 0. The zero-order valence-corrected chi connectivity index (χ0v) is 17.3. The molecular weight excluding hydrogens is 675 g/mol. The number of carboxylic acid groups (broad SMARTS) is 1.